The maximum absolute atomic E-state index is 12.5. The number of hydrogen-bond acceptors (Lipinski definition) is 5. The first-order valence-corrected chi connectivity index (χ1v) is 13.2. The molecule has 0 bridgehead atoms. The third kappa shape index (κ3) is 6.20. The van der Waals surface area contributed by atoms with Crippen molar-refractivity contribution in [3.63, 3.8) is 0 Å². The zero-order chi connectivity index (χ0) is 28.3. The van der Waals surface area contributed by atoms with Crippen LogP contribution in [0.25, 0.3) is 27.5 Å². The van der Waals surface area contributed by atoms with E-state index < -0.39 is 12.4 Å². The van der Waals surface area contributed by atoms with Crippen LogP contribution in [0.3, 0.4) is 0 Å². The predicted molar refractivity (Wildman–Crippen MR) is 155 cm³/mol. The number of hydrogen-bond donors (Lipinski definition) is 2. The molecule has 40 heavy (non-hydrogen) atoms. The van der Waals surface area contributed by atoms with Crippen LogP contribution in [0.5, 0.6) is 5.75 Å². The Morgan fingerprint density at radius 3 is 2.58 bits per heavy atom. The van der Waals surface area contributed by atoms with Gasteiger partial charge in [0.15, 0.2) is 0 Å². The minimum absolute atomic E-state index is 0.295. The Morgan fingerprint density at radius 2 is 1.82 bits per heavy atom. The second kappa shape index (κ2) is 11.3. The normalized spacial score (nSPS) is 11.9. The third-order valence-electron chi connectivity index (χ3n) is 6.11. The van der Waals surface area contributed by atoms with Crippen LogP contribution in [0.2, 0.25) is 0 Å². The molecular formula is C29H24F3N5O2S. The molecule has 204 valence electrons. The first kappa shape index (κ1) is 27.1. The van der Waals surface area contributed by atoms with Gasteiger partial charge in [-0.25, -0.2) is 9.78 Å². The van der Waals surface area contributed by atoms with Crippen molar-refractivity contribution in [3.8, 4) is 11.4 Å². The second-order valence-corrected chi connectivity index (χ2v) is 9.80. The molecule has 0 aliphatic heterocycles. The Balaban J connectivity index is 1.27. The van der Waals surface area contributed by atoms with Gasteiger partial charge < -0.3 is 14.8 Å². The highest BCUT2D eigenvalue weighted by atomic mass is 32.2. The Morgan fingerprint density at radius 1 is 1.05 bits per heavy atom. The average Bonchev–Trinajstić information content (AvgIpc) is 3.35. The number of urea groups is 1. The summed E-state index contributed by atoms with van der Waals surface area (Å²) in [7, 11) is 0. The Labute approximate surface area is 232 Å². The monoisotopic (exact) mass is 563 g/mol. The summed E-state index contributed by atoms with van der Waals surface area (Å²) in [6.45, 7) is 4.23. The number of carbonyl (C=O) groups is 1. The van der Waals surface area contributed by atoms with Crippen molar-refractivity contribution < 1.29 is 22.7 Å². The van der Waals surface area contributed by atoms with Crippen molar-refractivity contribution in [2.24, 2.45) is 4.99 Å². The molecule has 0 aliphatic carbocycles. The fourth-order valence-corrected chi connectivity index (χ4v) is 4.83. The number of imidazole rings is 1. The van der Waals surface area contributed by atoms with Gasteiger partial charge in [-0.15, -0.1) is 13.2 Å². The van der Waals surface area contributed by atoms with Crippen LogP contribution in [0.4, 0.5) is 29.3 Å². The molecule has 0 fully saturated rings. The number of amides is 2. The summed E-state index contributed by atoms with van der Waals surface area (Å²) in [5.41, 5.74) is 6.32. The van der Waals surface area contributed by atoms with Crippen molar-refractivity contribution in [3.05, 3.63) is 90.8 Å². The molecule has 2 amide bonds. The van der Waals surface area contributed by atoms with Crippen LogP contribution in [0.15, 0.2) is 90.2 Å². The first-order valence-electron chi connectivity index (χ1n) is 12.3. The average molecular weight is 564 g/mol. The van der Waals surface area contributed by atoms with E-state index in [-0.39, 0.29) is 5.75 Å². The molecule has 5 rings (SSSR count). The number of para-hydroxylation sites is 1. The summed E-state index contributed by atoms with van der Waals surface area (Å²) in [5.74, 6) is 0.0667. The molecule has 0 unspecified atom stereocenters. The number of aliphatic imine (C=N–C) groups is 1. The molecule has 0 atom stereocenters. The molecular weight excluding hydrogens is 539 g/mol. The smallest absolute Gasteiger partial charge is 0.406 e. The van der Waals surface area contributed by atoms with Crippen LogP contribution in [0, 0.1) is 0 Å². The summed E-state index contributed by atoms with van der Waals surface area (Å²) in [5, 5.41) is 4.48. The Kier molecular flexibility index (Phi) is 7.65. The van der Waals surface area contributed by atoms with Gasteiger partial charge >= 0.3 is 12.4 Å². The topological polar surface area (TPSA) is 80.5 Å². The molecule has 11 heteroatoms. The maximum atomic E-state index is 12.5. The van der Waals surface area contributed by atoms with Gasteiger partial charge in [0.05, 0.1) is 16.6 Å². The van der Waals surface area contributed by atoms with E-state index in [1.165, 1.54) is 47.3 Å². The predicted octanol–water partition coefficient (Wildman–Crippen LogP) is 8.52. The molecule has 2 N–H and O–H groups in total. The van der Waals surface area contributed by atoms with Crippen molar-refractivity contribution in [1.82, 2.24) is 9.55 Å². The van der Waals surface area contributed by atoms with E-state index >= 15 is 0 Å². The zero-order valence-corrected chi connectivity index (χ0v) is 22.3. The summed E-state index contributed by atoms with van der Waals surface area (Å²) in [4.78, 5) is 20.8. The third-order valence-corrected chi connectivity index (χ3v) is 6.65. The second-order valence-electron chi connectivity index (χ2n) is 9.15. The number of aromatic nitrogens is 2. The van der Waals surface area contributed by atoms with Gasteiger partial charge in [-0.3, -0.25) is 4.57 Å². The molecule has 1 aromatic heterocycles. The molecule has 1 heterocycles. The fourth-order valence-electron chi connectivity index (χ4n) is 4.31. The maximum Gasteiger partial charge on any atom is 0.573 e. The number of halogens is 3. The van der Waals surface area contributed by atoms with Gasteiger partial charge in [0.25, 0.3) is 0 Å². The quantitative estimate of drug-likeness (QED) is 0.118. The number of alkyl halides is 3. The van der Waals surface area contributed by atoms with Crippen molar-refractivity contribution in [1.29, 1.82) is 0 Å². The number of carbonyl (C=O) groups excluding carboxylic acids is 1. The van der Waals surface area contributed by atoms with E-state index in [0.29, 0.717) is 22.8 Å². The van der Waals surface area contributed by atoms with Crippen LogP contribution in [-0.2, 0) is 0 Å². The van der Waals surface area contributed by atoms with Gasteiger partial charge in [-0.2, -0.15) is 4.99 Å². The number of benzene rings is 4. The molecule has 5 aromatic rings. The van der Waals surface area contributed by atoms with E-state index in [2.05, 4.69) is 44.7 Å². The standard InChI is InChI=1S/C29H24F3N5O2S/c1-18(2)23-5-3-4-6-25(23)36-40-17-34-28(38)35-20-8-13-24-19(15-20)7-14-26-27(24)33-16-37(26)21-9-11-22(12-10-21)39-29(30,31)32/h3-18,36H,1-2H3,(H,35,38)/b34-17-. The highest BCUT2D eigenvalue weighted by Crippen LogP contribution is 2.30. The Hall–Kier alpha value is -4.51. The molecule has 7 nitrogen and oxygen atoms in total. The SMILES string of the molecule is CC(C)c1ccccc1NS/C=N\C(=O)Nc1ccc2c(ccc3c2ncn3-c2ccc(OC(F)(F)F)cc2)c1. The summed E-state index contributed by atoms with van der Waals surface area (Å²) < 4.78 is 46.3. The van der Waals surface area contributed by atoms with Gasteiger partial charge in [-0.1, -0.05) is 44.2 Å². The summed E-state index contributed by atoms with van der Waals surface area (Å²) in [6.07, 6.45) is -3.14. The van der Waals surface area contributed by atoms with E-state index in [1.54, 1.807) is 17.0 Å². The van der Waals surface area contributed by atoms with Crippen molar-refractivity contribution in [2.45, 2.75) is 26.1 Å². The lowest BCUT2D eigenvalue weighted by Gasteiger charge is -2.12. The van der Waals surface area contributed by atoms with E-state index in [1.807, 2.05) is 42.5 Å². The minimum atomic E-state index is -4.75. The molecule has 0 saturated carbocycles. The lowest BCUT2D eigenvalue weighted by atomic mass is 10.0. The Bertz CT molecular complexity index is 1700. The van der Waals surface area contributed by atoms with Crippen LogP contribution in [-0.4, -0.2) is 27.5 Å². The molecule has 4 aromatic carbocycles. The highest BCUT2D eigenvalue weighted by Gasteiger charge is 2.31. The molecule has 0 saturated heterocycles. The first-order chi connectivity index (χ1) is 19.2. The van der Waals surface area contributed by atoms with Gasteiger partial charge in [-0.05, 0) is 77.3 Å². The number of anilines is 2. The highest BCUT2D eigenvalue weighted by molar-refractivity contribution is 8.13. The summed E-state index contributed by atoms with van der Waals surface area (Å²) >= 11 is 1.21. The summed E-state index contributed by atoms with van der Waals surface area (Å²) in [6, 6.07) is 22.3. The van der Waals surface area contributed by atoms with Gasteiger partial charge in [0, 0.05) is 22.4 Å². The number of ether oxygens (including phenoxy) is 1. The molecule has 0 spiro atoms. The number of fused-ring (bicyclic) bond motifs is 3. The number of nitrogens with zero attached hydrogens (tertiary/aromatic N) is 3. The fraction of sp³-hybridized carbons (Fsp3) is 0.138. The van der Waals surface area contributed by atoms with E-state index in [4.69, 9.17) is 0 Å². The van der Waals surface area contributed by atoms with Crippen LogP contribution >= 0.6 is 11.9 Å². The molecule has 0 radical (unpaired) electrons. The largest absolute Gasteiger partial charge is 0.573 e. The van der Waals surface area contributed by atoms with Crippen molar-refractivity contribution >= 4 is 56.7 Å². The number of nitrogens with one attached hydrogen (secondary N) is 2. The molecule has 0 aliphatic rings. The van der Waals surface area contributed by atoms with Crippen LogP contribution < -0.4 is 14.8 Å². The lowest BCUT2D eigenvalue weighted by Crippen LogP contribution is -2.17. The number of rotatable bonds is 7. The van der Waals surface area contributed by atoms with Gasteiger partial charge in [0.1, 0.15) is 12.1 Å². The minimum Gasteiger partial charge on any atom is -0.406 e. The van der Waals surface area contributed by atoms with Gasteiger partial charge in [0.2, 0.25) is 0 Å². The van der Waals surface area contributed by atoms with Crippen molar-refractivity contribution in [2.75, 3.05) is 10.0 Å². The van der Waals surface area contributed by atoms with Crippen LogP contribution in [0.1, 0.15) is 25.3 Å². The van der Waals surface area contributed by atoms with E-state index in [9.17, 15) is 18.0 Å². The van der Waals surface area contributed by atoms with E-state index in [0.717, 1.165) is 22.0 Å². The zero-order valence-electron chi connectivity index (χ0n) is 21.4. The lowest BCUT2D eigenvalue weighted by molar-refractivity contribution is -0.274.